The van der Waals surface area contributed by atoms with Crippen LogP contribution in [-0.4, -0.2) is 85.7 Å². The lowest BCUT2D eigenvalue weighted by atomic mass is 9.99. The number of hydrogen-bond donors (Lipinski definition) is 3. The smallest absolute Gasteiger partial charge is 0.251 e. The van der Waals surface area contributed by atoms with Gasteiger partial charge in [-0.3, -0.25) is 9.69 Å². The van der Waals surface area contributed by atoms with Crippen LogP contribution in [0.2, 0.25) is 0 Å². The summed E-state index contributed by atoms with van der Waals surface area (Å²) in [5.41, 5.74) is 1.62. The highest BCUT2D eigenvalue weighted by molar-refractivity contribution is 5.94. The Kier molecular flexibility index (Phi) is 6.70. The van der Waals surface area contributed by atoms with Crippen LogP contribution in [0.5, 0.6) is 0 Å². The molecule has 0 spiro atoms. The van der Waals surface area contributed by atoms with E-state index in [2.05, 4.69) is 10.2 Å². The van der Waals surface area contributed by atoms with Crippen molar-refractivity contribution in [2.75, 3.05) is 45.2 Å². The number of anilines is 1. The van der Waals surface area contributed by atoms with E-state index in [1.165, 1.54) is 6.42 Å². The van der Waals surface area contributed by atoms with Crippen molar-refractivity contribution in [3.05, 3.63) is 29.8 Å². The fourth-order valence-electron chi connectivity index (χ4n) is 4.02. The summed E-state index contributed by atoms with van der Waals surface area (Å²) < 4.78 is 5.86. The van der Waals surface area contributed by atoms with E-state index in [1.54, 1.807) is 12.1 Å². The molecular formula is C20H31N3O4. The van der Waals surface area contributed by atoms with Crippen LogP contribution < -0.4 is 10.2 Å². The number of ether oxygens (including phenoxy) is 1. The molecule has 1 amide bonds. The van der Waals surface area contributed by atoms with Gasteiger partial charge >= 0.3 is 0 Å². The summed E-state index contributed by atoms with van der Waals surface area (Å²) in [6, 6.07) is 7.21. The zero-order chi connectivity index (χ0) is 19.4. The topological polar surface area (TPSA) is 85.3 Å². The zero-order valence-electron chi connectivity index (χ0n) is 16.2. The highest BCUT2D eigenvalue weighted by atomic mass is 16.5. The maximum absolute atomic E-state index is 12.5. The number of carbonyl (C=O) groups excluding carboxylic acids is 1. The van der Waals surface area contributed by atoms with Gasteiger partial charge in [-0.1, -0.05) is 6.42 Å². The van der Waals surface area contributed by atoms with Crippen LogP contribution in [0.15, 0.2) is 24.3 Å². The molecular weight excluding hydrogens is 346 g/mol. The normalized spacial score (nSPS) is 28.9. The van der Waals surface area contributed by atoms with Gasteiger partial charge in [0.05, 0.1) is 18.8 Å². The largest absolute Gasteiger partial charge is 0.394 e. The van der Waals surface area contributed by atoms with Gasteiger partial charge in [-0.25, -0.2) is 0 Å². The summed E-state index contributed by atoms with van der Waals surface area (Å²) in [7, 11) is 3.91. The third kappa shape index (κ3) is 4.60. The summed E-state index contributed by atoms with van der Waals surface area (Å²) in [5, 5.41) is 23.0. The summed E-state index contributed by atoms with van der Waals surface area (Å²) in [4.78, 5) is 16.7. The monoisotopic (exact) mass is 377 g/mol. The predicted octanol–water partition coefficient (Wildman–Crippen LogP) is 0.458. The van der Waals surface area contributed by atoms with Gasteiger partial charge in [0.2, 0.25) is 0 Å². The molecule has 2 saturated heterocycles. The fraction of sp³-hybridized carbons (Fsp3) is 0.650. The molecule has 0 aliphatic carbocycles. The van der Waals surface area contributed by atoms with Crippen molar-refractivity contribution in [1.82, 2.24) is 10.2 Å². The molecule has 3 rings (SSSR count). The van der Waals surface area contributed by atoms with Gasteiger partial charge in [-0.05, 0) is 50.2 Å². The average molecular weight is 377 g/mol. The number of likely N-dealkylation sites (tertiary alicyclic amines) is 1. The molecule has 1 aromatic rings. The van der Waals surface area contributed by atoms with E-state index in [0.717, 1.165) is 31.6 Å². The van der Waals surface area contributed by atoms with Crippen LogP contribution in [0.3, 0.4) is 0 Å². The molecule has 4 atom stereocenters. The summed E-state index contributed by atoms with van der Waals surface area (Å²) in [6.07, 6.45) is 1.73. The average Bonchev–Trinajstić information content (AvgIpc) is 3.02. The molecule has 0 saturated carbocycles. The zero-order valence-corrected chi connectivity index (χ0v) is 16.2. The molecule has 0 unspecified atom stereocenters. The summed E-state index contributed by atoms with van der Waals surface area (Å²) in [5.74, 6) is -0.164. The van der Waals surface area contributed by atoms with E-state index >= 15 is 0 Å². The van der Waals surface area contributed by atoms with E-state index in [1.807, 2.05) is 31.1 Å². The van der Waals surface area contributed by atoms with E-state index in [9.17, 15) is 15.0 Å². The van der Waals surface area contributed by atoms with Crippen LogP contribution in [-0.2, 0) is 4.74 Å². The minimum atomic E-state index is -0.741. The molecule has 7 nitrogen and oxygen atoms in total. The third-order valence-electron chi connectivity index (χ3n) is 5.56. The second-order valence-electron chi connectivity index (χ2n) is 7.62. The second kappa shape index (κ2) is 9.01. The van der Waals surface area contributed by atoms with Crippen molar-refractivity contribution in [2.24, 2.45) is 0 Å². The number of nitrogens with zero attached hydrogens (tertiary/aromatic N) is 2. The Morgan fingerprint density at radius 3 is 2.44 bits per heavy atom. The van der Waals surface area contributed by atoms with Crippen molar-refractivity contribution in [2.45, 2.75) is 43.6 Å². The van der Waals surface area contributed by atoms with Gasteiger partial charge < -0.3 is 25.2 Å². The Hall–Kier alpha value is -1.67. The lowest BCUT2D eigenvalue weighted by molar-refractivity contribution is -0.0209. The van der Waals surface area contributed by atoms with Gasteiger partial charge in [0.1, 0.15) is 12.2 Å². The highest BCUT2D eigenvalue weighted by Gasteiger charge is 2.46. The van der Waals surface area contributed by atoms with Crippen molar-refractivity contribution < 1.29 is 19.7 Å². The van der Waals surface area contributed by atoms with Gasteiger partial charge in [0, 0.05) is 31.9 Å². The van der Waals surface area contributed by atoms with Crippen molar-refractivity contribution >= 4 is 11.6 Å². The Bertz CT molecular complexity index is 616. The summed E-state index contributed by atoms with van der Waals surface area (Å²) >= 11 is 0. The van der Waals surface area contributed by atoms with Gasteiger partial charge in [-0.15, -0.1) is 0 Å². The maximum Gasteiger partial charge on any atom is 0.251 e. The van der Waals surface area contributed by atoms with Crippen molar-refractivity contribution in [1.29, 1.82) is 0 Å². The number of nitrogens with one attached hydrogen (secondary N) is 1. The SMILES string of the molecule is CN(C)c1ccc(C(=O)NC[C@H]2O[C@@H](CO)[C@@H](O)[C@H]2N2CCCCC2)cc1. The Labute approximate surface area is 160 Å². The summed E-state index contributed by atoms with van der Waals surface area (Å²) in [6.45, 7) is 1.92. The van der Waals surface area contributed by atoms with Crippen LogP contribution >= 0.6 is 0 Å². The molecule has 0 aromatic heterocycles. The maximum atomic E-state index is 12.5. The molecule has 27 heavy (non-hydrogen) atoms. The van der Waals surface area contributed by atoms with E-state index in [-0.39, 0.29) is 24.7 Å². The molecule has 0 bridgehead atoms. The Morgan fingerprint density at radius 1 is 1.19 bits per heavy atom. The number of hydrogen-bond acceptors (Lipinski definition) is 6. The van der Waals surface area contributed by atoms with Crippen molar-refractivity contribution in [3.8, 4) is 0 Å². The van der Waals surface area contributed by atoms with E-state index in [0.29, 0.717) is 12.1 Å². The van der Waals surface area contributed by atoms with E-state index in [4.69, 9.17) is 4.74 Å². The number of benzene rings is 1. The van der Waals surface area contributed by atoms with E-state index < -0.39 is 12.2 Å². The Balaban J connectivity index is 1.62. The number of carbonyl (C=O) groups is 1. The molecule has 2 heterocycles. The second-order valence-corrected chi connectivity index (χ2v) is 7.62. The molecule has 2 aliphatic heterocycles. The highest BCUT2D eigenvalue weighted by Crippen LogP contribution is 2.28. The van der Waals surface area contributed by atoms with Crippen LogP contribution in [0, 0.1) is 0 Å². The van der Waals surface area contributed by atoms with Crippen LogP contribution in [0.1, 0.15) is 29.6 Å². The van der Waals surface area contributed by atoms with Crippen molar-refractivity contribution in [3.63, 3.8) is 0 Å². The molecule has 3 N–H and O–H groups in total. The standard InChI is InChI=1S/C20H31N3O4/c1-22(2)15-8-6-14(7-9-15)20(26)21-12-16-18(19(25)17(13-24)27-16)23-10-4-3-5-11-23/h6-9,16-19,24-25H,3-5,10-13H2,1-2H3,(H,21,26)/t16-,17+,18+,19-/m1/s1. The minimum absolute atomic E-state index is 0.164. The number of piperidine rings is 1. The first kappa shape index (κ1) is 20.1. The molecule has 2 fully saturated rings. The quantitative estimate of drug-likeness (QED) is 0.668. The van der Waals surface area contributed by atoms with Gasteiger partial charge in [0.25, 0.3) is 5.91 Å². The first-order valence-electron chi connectivity index (χ1n) is 9.75. The van der Waals surface area contributed by atoms with Crippen LogP contribution in [0.25, 0.3) is 0 Å². The number of aliphatic hydroxyl groups is 2. The third-order valence-corrected chi connectivity index (χ3v) is 5.56. The molecule has 150 valence electrons. The number of rotatable bonds is 6. The molecule has 0 radical (unpaired) electrons. The first-order chi connectivity index (χ1) is 13.0. The van der Waals surface area contributed by atoms with Gasteiger partial charge in [0.15, 0.2) is 0 Å². The first-order valence-corrected chi connectivity index (χ1v) is 9.75. The lowest BCUT2D eigenvalue weighted by Gasteiger charge is -2.36. The van der Waals surface area contributed by atoms with Gasteiger partial charge in [-0.2, -0.15) is 0 Å². The predicted molar refractivity (Wildman–Crippen MR) is 104 cm³/mol. The lowest BCUT2D eigenvalue weighted by Crippen LogP contribution is -2.52. The Morgan fingerprint density at radius 2 is 1.85 bits per heavy atom. The number of aliphatic hydroxyl groups excluding tert-OH is 2. The van der Waals surface area contributed by atoms with Crippen LogP contribution in [0.4, 0.5) is 5.69 Å². The number of amides is 1. The molecule has 1 aromatic carbocycles. The minimum Gasteiger partial charge on any atom is -0.394 e. The molecule has 2 aliphatic rings. The molecule has 7 heteroatoms. The fourth-order valence-corrected chi connectivity index (χ4v) is 4.02.